The van der Waals surface area contributed by atoms with Crippen LogP contribution in [0.1, 0.15) is 20.3 Å². The number of rotatable bonds is 5. The van der Waals surface area contributed by atoms with Crippen molar-refractivity contribution < 1.29 is 4.79 Å². The first-order chi connectivity index (χ1) is 10.5. The molecule has 0 unspecified atom stereocenters. The molecule has 1 atom stereocenters. The van der Waals surface area contributed by atoms with Crippen molar-refractivity contribution in [2.75, 3.05) is 0 Å². The number of halogens is 1. The maximum Gasteiger partial charge on any atom is 0.244 e. The zero-order valence-electron chi connectivity index (χ0n) is 12.4. The van der Waals surface area contributed by atoms with Gasteiger partial charge in [0.1, 0.15) is 6.54 Å². The molecular weight excluding hydrogens is 302 g/mol. The van der Waals surface area contributed by atoms with Gasteiger partial charge in [0, 0.05) is 10.6 Å². The second-order valence-electron chi connectivity index (χ2n) is 5.03. The molecule has 1 aromatic carbocycles. The van der Waals surface area contributed by atoms with Crippen LogP contribution in [0.3, 0.4) is 0 Å². The second kappa shape index (κ2) is 6.58. The molecule has 114 valence electrons. The lowest BCUT2D eigenvalue weighted by atomic mass is 10.0. The summed E-state index contributed by atoms with van der Waals surface area (Å²) in [7, 11) is 0. The molecule has 1 amide bonds. The summed E-state index contributed by atoms with van der Waals surface area (Å²) < 4.78 is 0. The first kappa shape index (κ1) is 16.0. The number of benzene rings is 1. The van der Waals surface area contributed by atoms with Crippen molar-refractivity contribution >= 4 is 17.5 Å². The fourth-order valence-corrected chi connectivity index (χ4v) is 1.85. The molecule has 0 fully saturated rings. The Balaban J connectivity index is 2.05. The highest BCUT2D eigenvalue weighted by atomic mass is 35.5. The third-order valence-corrected chi connectivity index (χ3v) is 3.53. The summed E-state index contributed by atoms with van der Waals surface area (Å²) in [6, 6.07) is 7.06. The van der Waals surface area contributed by atoms with Crippen LogP contribution in [0, 0.1) is 12.3 Å². The van der Waals surface area contributed by atoms with E-state index >= 15 is 0 Å². The van der Waals surface area contributed by atoms with Crippen LogP contribution < -0.4 is 5.32 Å². The van der Waals surface area contributed by atoms with E-state index in [0.29, 0.717) is 17.3 Å². The molecule has 0 aliphatic rings. The molecule has 22 heavy (non-hydrogen) atoms. The van der Waals surface area contributed by atoms with Crippen molar-refractivity contribution in [3.05, 3.63) is 29.3 Å². The van der Waals surface area contributed by atoms with Gasteiger partial charge in [0.15, 0.2) is 0 Å². The van der Waals surface area contributed by atoms with E-state index in [4.69, 9.17) is 18.0 Å². The van der Waals surface area contributed by atoms with Gasteiger partial charge in [-0.05, 0) is 42.8 Å². The number of amides is 1. The SMILES string of the molecule is C#C[C@](C)(CC)NC(=O)Cn1nnc(-c2ccc(Cl)cc2)n1. The van der Waals surface area contributed by atoms with E-state index in [1.807, 2.05) is 6.92 Å². The van der Waals surface area contributed by atoms with Gasteiger partial charge in [0.05, 0.1) is 5.54 Å². The van der Waals surface area contributed by atoms with Crippen LogP contribution in [0.15, 0.2) is 24.3 Å². The van der Waals surface area contributed by atoms with Crippen molar-refractivity contribution in [1.29, 1.82) is 0 Å². The Morgan fingerprint density at radius 3 is 2.73 bits per heavy atom. The van der Waals surface area contributed by atoms with E-state index in [1.54, 1.807) is 31.2 Å². The van der Waals surface area contributed by atoms with Crippen molar-refractivity contribution in [3.8, 4) is 23.7 Å². The fourth-order valence-electron chi connectivity index (χ4n) is 1.73. The molecule has 0 aliphatic carbocycles. The highest BCUT2D eigenvalue weighted by Crippen LogP contribution is 2.16. The Morgan fingerprint density at radius 2 is 2.14 bits per heavy atom. The van der Waals surface area contributed by atoms with E-state index in [2.05, 4.69) is 26.6 Å². The lowest BCUT2D eigenvalue weighted by Gasteiger charge is -2.22. The number of hydrogen-bond acceptors (Lipinski definition) is 4. The van der Waals surface area contributed by atoms with Crippen molar-refractivity contribution in [1.82, 2.24) is 25.5 Å². The van der Waals surface area contributed by atoms with Gasteiger partial charge in [-0.1, -0.05) is 24.4 Å². The monoisotopic (exact) mass is 317 g/mol. The normalized spacial score (nSPS) is 13.2. The van der Waals surface area contributed by atoms with Gasteiger partial charge < -0.3 is 5.32 Å². The molecule has 7 heteroatoms. The van der Waals surface area contributed by atoms with Gasteiger partial charge in [-0.2, -0.15) is 4.80 Å². The molecule has 1 N–H and O–H groups in total. The van der Waals surface area contributed by atoms with E-state index in [0.717, 1.165) is 5.56 Å². The van der Waals surface area contributed by atoms with E-state index in [9.17, 15) is 4.79 Å². The fraction of sp³-hybridized carbons (Fsp3) is 0.333. The topological polar surface area (TPSA) is 72.7 Å². The lowest BCUT2D eigenvalue weighted by Crippen LogP contribution is -2.45. The van der Waals surface area contributed by atoms with Crippen LogP contribution in [-0.2, 0) is 11.3 Å². The van der Waals surface area contributed by atoms with Gasteiger partial charge >= 0.3 is 0 Å². The van der Waals surface area contributed by atoms with Crippen LogP contribution >= 0.6 is 11.6 Å². The number of tetrazole rings is 1. The van der Waals surface area contributed by atoms with Gasteiger partial charge in [-0.25, -0.2) is 0 Å². The van der Waals surface area contributed by atoms with Crippen LogP contribution in [-0.4, -0.2) is 31.7 Å². The Labute approximate surface area is 133 Å². The highest BCUT2D eigenvalue weighted by Gasteiger charge is 2.21. The third kappa shape index (κ3) is 3.83. The van der Waals surface area contributed by atoms with Gasteiger partial charge in [0.25, 0.3) is 0 Å². The smallest absolute Gasteiger partial charge is 0.244 e. The average Bonchev–Trinajstić information content (AvgIpc) is 2.96. The van der Waals surface area contributed by atoms with E-state index < -0.39 is 5.54 Å². The lowest BCUT2D eigenvalue weighted by molar-refractivity contribution is -0.123. The van der Waals surface area contributed by atoms with E-state index in [-0.39, 0.29) is 12.5 Å². The minimum Gasteiger partial charge on any atom is -0.338 e. The Bertz CT molecular complexity index is 703. The number of nitrogens with one attached hydrogen (secondary N) is 1. The summed E-state index contributed by atoms with van der Waals surface area (Å²) in [5.41, 5.74) is 0.106. The number of aromatic nitrogens is 4. The summed E-state index contributed by atoms with van der Waals surface area (Å²) in [6.45, 7) is 3.66. The quantitative estimate of drug-likeness (QED) is 0.855. The van der Waals surface area contributed by atoms with Crippen LogP contribution in [0.5, 0.6) is 0 Å². The van der Waals surface area contributed by atoms with Gasteiger partial charge in [0.2, 0.25) is 11.7 Å². The Kier molecular flexibility index (Phi) is 4.78. The minimum absolute atomic E-state index is 0.0438. The maximum absolute atomic E-state index is 12.0. The van der Waals surface area contributed by atoms with Crippen molar-refractivity contribution in [2.24, 2.45) is 0 Å². The molecule has 0 radical (unpaired) electrons. The molecule has 1 heterocycles. The highest BCUT2D eigenvalue weighted by molar-refractivity contribution is 6.30. The molecular formula is C15H16ClN5O. The first-order valence-electron chi connectivity index (χ1n) is 6.78. The molecule has 2 aromatic rings. The molecule has 1 aromatic heterocycles. The zero-order valence-corrected chi connectivity index (χ0v) is 13.1. The molecule has 0 bridgehead atoms. The predicted octanol–water partition coefficient (Wildman–Crippen LogP) is 1.91. The van der Waals surface area contributed by atoms with Crippen LogP contribution in [0.2, 0.25) is 5.02 Å². The third-order valence-electron chi connectivity index (χ3n) is 3.28. The number of carbonyl (C=O) groups is 1. The summed E-state index contributed by atoms with van der Waals surface area (Å²) >= 11 is 5.83. The average molecular weight is 318 g/mol. The number of terminal acetylenes is 1. The van der Waals surface area contributed by atoms with Gasteiger partial charge in [-0.3, -0.25) is 4.79 Å². The summed E-state index contributed by atoms with van der Waals surface area (Å²) in [4.78, 5) is 13.2. The molecule has 0 aliphatic heterocycles. The van der Waals surface area contributed by atoms with Crippen LogP contribution in [0.4, 0.5) is 0 Å². The number of nitrogens with zero attached hydrogens (tertiary/aromatic N) is 4. The largest absolute Gasteiger partial charge is 0.338 e. The predicted molar refractivity (Wildman–Crippen MR) is 83.9 cm³/mol. The molecule has 2 rings (SSSR count). The summed E-state index contributed by atoms with van der Waals surface area (Å²) in [6.07, 6.45) is 6.06. The Hall–Kier alpha value is -2.39. The zero-order chi connectivity index (χ0) is 16.2. The first-order valence-corrected chi connectivity index (χ1v) is 7.16. The molecule has 6 nitrogen and oxygen atoms in total. The van der Waals surface area contributed by atoms with Gasteiger partial charge in [-0.15, -0.1) is 16.6 Å². The number of hydrogen-bond donors (Lipinski definition) is 1. The van der Waals surface area contributed by atoms with Crippen molar-refractivity contribution in [2.45, 2.75) is 32.4 Å². The molecule has 0 saturated carbocycles. The second-order valence-corrected chi connectivity index (χ2v) is 5.46. The Morgan fingerprint density at radius 1 is 1.45 bits per heavy atom. The molecule has 0 saturated heterocycles. The van der Waals surface area contributed by atoms with Crippen molar-refractivity contribution in [3.63, 3.8) is 0 Å². The molecule has 0 spiro atoms. The number of carbonyl (C=O) groups excluding carboxylic acids is 1. The summed E-state index contributed by atoms with van der Waals surface area (Å²) in [5.74, 6) is 2.74. The minimum atomic E-state index is -0.670. The van der Waals surface area contributed by atoms with E-state index in [1.165, 1.54) is 4.80 Å². The van der Waals surface area contributed by atoms with Crippen LogP contribution in [0.25, 0.3) is 11.4 Å². The standard InChI is InChI=1S/C15H16ClN5O/c1-4-15(3,5-2)17-13(22)10-21-19-14(18-20-21)11-6-8-12(16)9-7-11/h1,6-9H,5,10H2,2-3H3,(H,17,22)/t15-/m1/s1. The summed E-state index contributed by atoms with van der Waals surface area (Å²) in [5, 5.41) is 15.4. The maximum atomic E-state index is 12.0.